The molecule has 4 unspecified atom stereocenters. The Kier molecular flexibility index (Phi) is 5.63. The van der Waals surface area contributed by atoms with Crippen molar-refractivity contribution in [2.75, 3.05) is 18.4 Å². The minimum atomic E-state index is 0.0708. The van der Waals surface area contributed by atoms with Crippen molar-refractivity contribution in [1.29, 1.82) is 0 Å². The van der Waals surface area contributed by atoms with Crippen LogP contribution in [0.4, 0.5) is 5.13 Å². The highest BCUT2D eigenvalue weighted by Gasteiger charge is 2.43. The summed E-state index contributed by atoms with van der Waals surface area (Å²) in [5.41, 5.74) is 1.15. The summed E-state index contributed by atoms with van der Waals surface area (Å²) < 4.78 is 2.04. The molecule has 3 aliphatic heterocycles. The van der Waals surface area contributed by atoms with E-state index in [4.69, 9.17) is 0 Å². The van der Waals surface area contributed by atoms with Crippen molar-refractivity contribution >= 4 is 22.4 Å². The number of hydrogen-bond donors (Lipinski definition) is 1. The van der Waals surface area contributed by atoms with Crippen molar-refractivity contribution in [3.8, 4) is 0 Å². The maximum absolute atomic E-state index is 12.7. The maximum Gasteiger partial charge on any atom is 0.230 e. The topological polar surface area (TPSA) is 75.9 Å². The maximum atomic E-state index is 12.7. The van der Waals surface area contributed by atoms with Crippen LogP contribution in [-0.4, -0.2) is 49.9 Å². The SMILES string of the molecule is O=C(Nc1nccs1)C1CN2CCC1CC2Cn1cc(CC2CCCCC2)nn1. The molecular formula is C21H30N6OS. The van der Waals surface area contributed by atoms with Crippen LogP contribution in [0.1, 0.15) is 50.6 Å². The van der Waals surface area contributed by atoms with Crippen LogP contribution in [0.15, 0.2) is 17.8 Å². The third-order valence-electron chi connectivity index (χ3n) is 7.08. The Morgan fingerprint density at radius 1 is 1.24 bits per heavy atom. The van der Waals surface area contributed by atoms with E-state index >= 15 is 0 Å². The van der Waals surface area contributed by atoms with Crippen LogP contribution >= 0.6 is 11.3 Å². The molecule has 0 radical (unpaired) electrons. The molecule has 6 rings (SSSR count). The van der Waals surface area contributed by atoms with Gasteiger partial charge in [-0.2, -0.15) is 0 Å². The van der Waals surface area contributed by atoms with Gasteiger partial charge < -0.3 is 5.32 Å². The van der Waals surface area contributed by atoms with Crippen molar-refractivity contribution in [1.82, 2.24) is 24.9 Å². The average Bonchev–Trinajstić information content (AvgIpc) is 3.41. The van der Waals surface area contributed by atoms with Gasteiger partial charge >= 0.3 is 0 Å². The molecule has 4 fully saturated rings. The molecule has 1 aliphatic carbocycles. The van der Waals surface area contributed by atoms with E-state index in [2.05, 4.69) is 31.7 Å². The minimum Gasteiger partial charge on any atom is -0.302 e. The summed E-state index contributed by atoms with van der Waals surface area (Å²) >= 11 is 1.48. The predicted molar refractivity (Wildman–Crippen MR) is 113 cm³/mol. The molecule has 29 heavy (non-hydrogen) atoms. The van der Waals surface area contributed by atoms with Crippen LogP contribution < -0.4 is 5.32 Å². The van der Waals surface area contributed by atoms with E-state index in [1.807, 2.05) is 10.1 Å². The van der Waals surface area contributed by atoms with Gasteiger partial charge in [0.15, 0.2) is 5.13 Å². The number of rotatable bonds is 6. The number of thiazole rings is 1. The zero-order chi connectivity index (χ0) is 19.6. The van der Waals surface area contributed by atoms with Gasteiger partial charge in [0.25, 0.3) is 0 Å². The van der Waals surface area contributed by atoms with E-state index in [0.29, 0.717) is 17.1 Å². The van der Waals surface area contributed by atoms with Crippen LogP contribution in [0.25, 0.3) is 0 Å². The van der Waals surface area contributed by atoms with Crippen molar-refractivity contribution in [2.24, 2.45) is 17.8 Å². The number of nitrogens with zero attached hydrogens (tertiary/aromatic N) is 5. The number of hydrogen-bond acceptors (Lipinski definition) is 6. The lowest BCUT2D eigenvalue weighted by Gasteiger charge is -2.49. The highest BCUT2D eigenvalue weighted by atomic mass is 32.1. The molecule has 4 aliphatic rings. The van der Waals surface area contributed by atoms with Gasteiger partial charge in [-0.3, -0.25) is 14.4 Å². The summed E-state index contributed by atoms with van der Waals surface area (Å²) in [6.45, 7) is 2.81. The standard InChI is InChI=1S/C21H30N6OS/c28-20(23-21-22-7-9-29-21)19-14-26-8-6-16(19)11-18(26)13-27-12-17(24-25-27)10-15-4-2-1-3-5-15/h7,9,12,15-16,18-19H,1-6,8,10-11,13-14H2,(H,22,23,28). The molecule has 7 nitrogen and oxygen atoms in total. The Morgan fingerprint density at radius 2 is 2.14 bits per heavy atom. The fourth-order valence-electron chi connectivity index (χ4n) is 5.53. The molecule has 1 amide bonds. The summed E-state index contributed by atoms with van der Waals surface area (Å²) in [7, 11) is 0. The van der Waals surface area contributed by atoms with Crippen molar-refractivity contribution in [2.45, 2.75) is 64.0 Å². The third-order valence-corrected chi connectivity index (χ3v) is 7.77. The largest absolute Gasteiger partial charge is 0.302 e. The third kappa shape index (κ3) is 4.38. The fourth-order valence-corrected chi connectivity index (χ4v) is 6.06. The Labute approximate surface area is 175 Å². The first kappa shape index (κ1) is 19.2. The number of anilines is 1. The van der Waals surface area contributed by atoms with Crippen molar-refractivity contribution < 1.29 is 4.79 Å². The van der Waals surface area contributed by atoms with Gasteiger partial charge in [0.1, 0.15) is 0 Å². The molecule has 2 aromatic heterocycles. The lowest BCUT2D eigenvalue weighted by molar-refractivity contribution is -0.127. The first-order chi connectivity index (χ1) is 14.2. The molecule has 156 valence electrons. The van der Waals surface area contributed by atoms with E-state index < -0.39 is 0 Å². The first-order valence-electron chi connectivity index (χ1n) is 11.1. The Hall–Kier alpha value is -1.80. The molecule has 1 saturated carbocycles. The molecule has 0 aromatic carbocycles. The highest BCUT2D eigenvalue weighted by Crippen LogP contribution is 2.37. The molecule has 0 spiro atoms. The van der Waals surface area contributed by atoms with E-state index in [-0.39, 0.29) is 11.8 Å². The number of piperidine rings is 3. The van der Waals surface area contributed by atoms with E-state index in [1.165, 1.54) is 43.4 Å². The van der Waals surface area contributed by atoms with E-state index in [9.17, 15) is 4.79 Å². The Morgan fingerprint density at radius 3 is 2.90 bits per heavy atom. The average molecular weight is 415 g/mol. The molecule has 1 N–H and O–H groups in total. The smallest absolute Gasteiger partial charge is 0.230 e. The minimum absolute atomic E-state index is 0.0708. The zero-order valence-corrected chi connectivity index (χ0v) is 17.7. The summed E-state index contributed by atoms with van der Waals surface area (Å²) in [6.07, 6.45) is 14.0. The Bertz CT molecular complexity index is 815. The van der Waals surface area contributed by atoms with Gasteiger partial charge in [-0.05, 0) is 37.6 Å². The normalized spacial score (nSPS) is 29.8. The number of nitrogens with one attached hydrogen (secondary N) is 1. The van der Waals surface area contributed by atoms with Crippen molar-refractivity contribution in [3.63, 3.8) is 0 Å². The van der Waals surface area contributed by atoms with Gasteiger partial charge in [0.05, 0.1) is 18.2 Å². The fraction of sp³-hybridized carbons (Fsp3) is 0.714. The van der Waals surface area contributed by atoms with Gasteiger partial charge in [-0.25, -0.2) is 4.98 Å². The summed E-state index contributed by atoms with van der Waals surface area (Å²) in [6, 6.07) is 0.460. The number of carbonyl (C=O) groups is 1. The number of fused-ring (bicyclic) bond motifs is 3. The monoisotopic (exact) mass is 414 g/mol. The molecular weight excluding hydrogens is 384 g/mol. The molecule has 8 heteroatoms. The quantitative estimate of drug-likeness (QED) is 0.786. The van der Waals surface area contributed by atoms with Crippen LogP contribution in [-0.2, 0) is 17.8 Å². The second kappa shape index (κ2) is 8.52. The zero-order valence-electron chi connectivity index (χ0n) is 16.9. The number of aromatic nitrogens is 4. The van der Waals surface area contributed by atoms with Gasteiger partial charge in [-0.15, -0.1) is 16.4 Å². The van der Waals surface area contributed by atoms with Gasteiger partial charge in [0, 0.05) is 30.4 Å². The van der Waals surface area contributed by atoms with Crippen LogP contribution in [0.2, 0.25) is 0 Å². The molecule has 2 aromatic rings. The molecule has 3 saturated heterocycles. The van der Waals surface area contributed by atoms with Gasteiger partial charge in [-0.1, -0.05) is 37.3 Å². The second-order valence-electron chi connectivity index (χ2n) is 9.01. The van der Waals surface area contributed by atoms with Gasteiger partial charge in [0.2, 0.25) is 5.91 Å². The number of amides is 1. The van der Waals surface area contributed by atoms with Crippen LogP contribution in [0.3, 0.4) is 0 Å². The predicted octanol–water partition coefficient (Wildman–Crippen LogP) is 3.21. The lowest BCUT2D eigenvalue weighted by atomic mass is 9.75. The molecule has 2 bridgehead atoms. The molecule has 5 heterocycles. The first-order valence-corrected chi connectivity index (χ1v) is 12.0. The lowest BCUT2D eigenvalue weighted by Crippen LogP contribution is -2.57. The number of carbonyl (C=O) groups excluding carboxylic acids is 1. The second-order valence-corrected chi connectivity index (χ2v) is 9.90. The Balaban J connectivity index is 1.16. The summed E-state index contributed by atoms with van der Waals surface area (Å²) in [5, 5.41) is 14.5. The summed E-state index contributed by atoms with van der Waals surface area (Å²) in [4.78, 5) is 19.4. The van der Waals surface area contributed by atoms with Crippen LogP contribution in [0, 0.1) is 17.8 Å². The van der Waals surface area contributed by atoms with E-state index in [0.717, 1.165) is 50.5 Å². The van der Waals surface area contributed by atoms with Crippen molar-refractivity contribution in [3.05, 3.63) is 23.5 Å². The van der Waals surface area contributed by atoms with E-state index in [1.54, 1.807) is 6.20 Å². The summed E-state index contributed by atoms with van der Waals surface area (Å²) in [5.74, 6) is 1.45. The highest BCUT2D eigenvalue weighted by molar-refractivity contribution is 7.13. The molecule has 4 atom stereocenters. The van der Waals surface area contributed by atoms with Crippen LogP contribution in [0.5, 0.6) is 0 Å².